The summed E-state index contributed by atoms with van der Waals surface area (Å²) in [7, 11) is -3.42. The molecule has 6 heteroatoms. The SMILES string of the molecule is Cc1cccc(C(CNS(=O)(=O)Cc2ccccc2C)N2CCOCC2)c1. The van der Waals surface area contributed by atoms with Crippen molar-refractivity contribution in [3.63, 3.8) is 0 Å². The van der Waals surface area contributed by atoms with E-state index in [2.05, 4.69) is 34.7 Å². The van der Waals surface area contributed by atoms with Gasteiger partial charge in [0.25, 0.3) is 0 Å². The van der Waals surface area contributed by atoms with Gasteiger partial charge in [-0.05, 0) is 30.5 Å². The second-order valence-corrected chi connectivity index (χ2v) is 8.92. The van der Waals surface area contributed by atoms with Gasteiger partial charge in [0.1, 0.15) is 0 Å². The lowest BCUT2D eigenvalue weighted by molar-refractivity contribution is 0.0172. The van der Waals surface area contributed by atoms with E-state index >= 15 is 0 Å². The third kappa shape index (κ3) is 5.62. The highest BCUT2D eigenvalue weighted by Gasteiger charge is 2.24. The van der Waals surface area contributed by atoms with Crippen molar-refractivity contribution in [3.8, 4) is 0 Å². The van der Waals surface area contributed by atoms with Crippen LogP contribution in [-0.2, 0) is 20.5 Å². The molecule has 0 amide bonds. The van der Waals surface area contributed by atoms with E-state index in [0.717, 1.165) is 29.8 Å². The number of aryl methyl sites for hydroxylation is 2. The lowest BCUT2D eigenvalue weighted by Crippen LogP contribution is -2.44. The number of rotatable bonds is 7. The van der Waals surface area contributed by atoms with Crippen LogP contribution < -0.4 is 4.72 Å². The number of sulfonamides is 1. The Balaban J connectivity index is 1.74. The molecule has 1 N–H and O–H groups in total. The topological polar surface area (TPSA) is 58.6 Å². The van der Waals surface area contributed by atoms with Crippen molar-refractivity contribution < 1.29 is 13.2 Å². The smallest absolute Gasteiger partial charge is 0.215 e. The van der Waals surface area contributed by atoms with Crippen molar-refractivity contribution in [2.45, 2.75) is 25.6 Å². The summed E-state index contributed by atoms with van der Waals surface area (Å²) < 4.78 is 33.7. The standard InChI is InChI=1S/C21H28N2O3S/c1-17-6-5-9-19(14-17)21(23-10-12-26-13-11-23)15-22-27(24,25)16-20-8-4-3-7-18(20)2/h3-9,14,21-22H,10-13,15-16H2,1-2H3. The number of nitrogens with one attached hydrogen (secondary N) is 1. The van der Waals surface area contributed by atoms with E-state index in [9.17, 15) is 8.42 Å². The molecule has 1 fully saturated rings. The lowest BCUT2D eigenvalue weighted by atomic mass is 10.0. The molecule has 0 bridgehead atoms. The van der Waals surface area contributed by atoms with Crippen molar-refractivity contribution >= 4 is 10.0 Å². The summed E-state index contributed by atoms with van der Waals surface area (Å²) in [5.41, 5.74) is 4.14. The number of hydrogen-bond donors (Lipinski definition) is 1. The third-order valence-electron chi connectivity index (χ3n) is 5.02. The molecule has 0 spiro atoms. The average molecular weight is 389 g/mol. The third-order valence-corrected chi connectivity index (χ3v) is 6.31. The summed E-state index contributed by atoms with van der Waals surface area (Å²) in [6.07, 6.45) is 0. The first kappa shape index (κ1) is 20.0. The molecule has 1 aliphatic heterocycles. The van der Waals surface area contributed by atoms with Crippen LogP contribution in [0.25, 0.3) is 0 Å². The second-order valence-electron chi connectivity index (χ2n) is 7.11. The first-order valence-electron chi connectivity index (χ1n) is 9.35. The van der Waals surface area contributed by atoms with Crippen molar-refractivity contribution in [2.75, 3.05) is 32.8 Å². The zero-order valence-electron chi connectivity index (χ0n) is 16.0. The molecule has 1 heterocycles. The van der Waals surface area contributed by atoms with Crippen LogP contribution in [0.3, 0.4) is 0 Å². The van der Waals surface area contributed by atoms with Crippen molar-refractivity contribution in [1.82, 2.24) is 9.62 Å². The summed E-state index contributed by atoms with van der Waals surface area (Å²) in [4.78, 5) is 2.30. The van der Waals surface area contributed by atoms with Crippen LogP contribution in [0.15, 0.2) is 48.5 Å². The molecular weight excluding hydrogens is 360 g/mol. The zero-order valence-corrected chi connectivity index (χ0v) is 16.8. The fourth-order valence-electron chi connectivity index (χ4n) is 3.46. The van der Waals surface area contributed by atoms with E-state index in [4.69, 9.17) is 4.74 Å². The number of benzene rings is 2. The summed E-state index contributed by atoms with van der Waals surface area (Å²) >= 11 is 0. The lowest BCUT2D eigenvalue weighted by Gasteiger charge is -2.35. The van der Waals surface area contributed by atoms with E-state index in [1.54, 1.807) is 0 Å². The van der Waals surface area contributed by atoms with Crippen LogP contribution in [-0.4, -0.2) is 46.2 Å². The largest absolute Gasteiger partial charge is 0.379 e. The van der Waals surface area contributed by atoms with Gasteiger partial charge in [0.05, 0.1) is 19.0 Å². The molecule has 146 valence electrons. The molecule has 3 rings (SSSR count). The molecule has 1 atom stereocenters. The highest BCUT2D eigenvalue weighted by molar-refractivity contribution is 7.88. The number of ether oxygens (including phenoxy) is 1. The fourth-order valence-corrected chi connectivity index (χ4v) is 4.71. The van der Waals surface area contributed by atoms with Gasteiger partial charge in [-0.15, -0.1) is 0 Å². The second kappa shape index (κ2) is 8.97. The zero-order chi connectivity index (χ0) is 19.3. The van der Waals surface area contributed by atoms with Crippen LogP contribution in [0, 0.1) is 13.8 Å². The minimum absolute atomic E-state index is 0.000412. The van der Waals surface area contributed by atoms with Crippen LogP contribution in [0.5, 0.6) is 0 Å². The number of hydrogen-bond acceptors (Lipinski definition) is 4. The maximum Gasteiger partial charge on any atom is 0.215 e. The molecule has 1 saturated heterocycles. The molecule has 2 aromatic carbocycles. The fraction of sp³-hybridized carbons (Fsp3) is 0.429. The van der Waals surface area contributed by atoms with Crippen molar-refractivity contribution in [2.24, 2.45) is 0 Å². The Morgan fingerprint density at radius 3 is 2.52 bits per heavy atom. The van der Waals surface area contributed by atoms with Gasteiger partial charge in [0.2, 0.25) is 10.0 Å². The van der Waals surface area contributed by atoms with Gasteiger partial charge in [-0.1, -0.05) is 54.1 Å². The Bertz CT molecular complexity index is 861. The van der Waals surface area contributed by atoms with E-state index in [0.29, 0.717) is 19.8 Å². The first-order chi connectivity index (χ1) is 12.9. The van der Waals surface area contributed by atoms with Gasteiger partial charge in [-0.3, -0.25) is 4.90 Å². The van der Waals surface area contributed by atoms with Gasteiger partial charge in [-0.25, -0.2) is 13.1 Å². The minimum atomic E-state index is -3.42. The van der Waals surface area contributed by atoms with Crippen LogP contribution in [0.4, 0.5) is 0 Å². The van der Waals surface area contributed by atoms with Crippen LogP contribution in [0.2, 0.25) is 0 Å². The highest BCUT2D eigenvalue weighted by atomic mass is 32.2. The van der Waals surface area contributed by atoms with Crippen LogP contribution >= 0.6 is 0 Å². The quantitative estimate of drug-likeness (QED) is 0.792. The van der Waals surface area contributed by atoms with Crippen molar-refractivity contribution in [3.05, 3.63) is 70.8 Å². The van der Waals surface area contributed by atoms with E-state index in [-0.39, 0.29) is 11.8 Å². The summed E-state index contributed by atoms with van der Waals surface area (Å²) in [5.74, 6) is 0.00330. The first-order valence-corrected chi connectivity index (χ1v) is 11.0. The molecule has 1 aliphatic rings. The molecule has 1 unspecified atom stereocenters. The Morgan fingerprint density at radius 2 is 1.81 bits per heavy atom. The average Bonchev–Trinajstić information content (AvgIpc) is 2.65. The molecular formula is C21H28N2O3S. The number of nitrogens with zero attached hydrogens (tertiary/aromatic N) is 1. The Kier molecular flexibility index (Phi) is 6.65. The van der Waals surface area contributed by atoms with Crippen molar-refractivity contribution in [1.29, 1.82) is 0 Å². The molecule has 5 nitrogen and oxygen atoms in total. The van der Waals surface area contributed by atoms with Gasteiger partial charge in [-0.2, -0.15) is 0 Å². The normalized spacial score (nSPS) is 17.0. The number of morpholine rings is 1. The predicted molar refractivity (Wildman–Crippen MR) is 108 cm³/mol. The van der Waals surface area contributed by atoms with E-state index < -0.39 is 10.0 Å². The van der Waals surface area contributed by atoms with Gasteiger partial charge in [0, 0.05) is 25.7 Å². The van der Waals surface area contributed by atoms with Crippen LogP contribution in [0.1, 0.15) is 28.3 Å². The summed E-state index contributed by atoms with van der Waals surface area (Å²) in [6, 6.07) is 15.9. The molecule has 2 aromatic rings. The molecule has 0 aromatic heterocycles. The molecule has 27 heavy (non-hydrogen) atoms. The summed E-state index contributed by atoms with van der Waals surface area (Å²) in [6.45, 7) is 7.32. The predicted octanol–water partition coefficient (Wildman–Crippen LogP) is 2.80. The Morgan fingerprint density at radius 1 is 1.07 bits per heavy atom. The maximum atomic E-state index is 12.7. The highest BCUT2D eigenvalue weighted by Crippen LogP contribution is 2.23. The van der Waals surface area contributed by atoms with E-state index in [1.807, 2.05) is 37.3 Å². The minimum Gasteiger partial charge on any atom is -0.379 e. The molecule has 0 radical (unpaired) electrons. The van der Waals surface area contributed by atoms with Gasteiger partial charge < -0.3 is 4.74 Å². The summed E-state index contributed by atoms with van der Waals surface area (Å²) in [5, 5.41) is 0. The molecule has 0 aliphatic carbocycles. The van der Waals surface area contributed by atoms with E-state index in [1.165, 1.54) is 5.56 Å². The Labute approximate surface area is 162 Å². The Hall–Kier alpha value is -1.73. The molecule has 0 saturated carbocycles. The maximum absolute atomic E-state index is 12.7. The van der Waals surface area contributed by atoms with Gasteiger partial charge >= 0.3 is 0 Å². The van der Waals surface area contributed by atoms with Gasteiger partial charge in [0.15, 0.2) is 0 Å². The monoisotopic (exact) mass is 388 g/mol.